The van der Waals surface area contributed by atoms with Crippen LogP contribution in [0.4, 0.5) is 0 Å². The standard InChI is InChI=1S/C10H16N2O4S2/c11-18(15,16)5-1-4-12-7-9-3-2-8(17-9)6-10(13)14/h2-3,12H,1,4-7H2,(H,13,14)(H2,11,15,16). The fourth-order valence-electron chi connectivity index (χ4n) is 1.37. The van der Waals surface area contributed by atoms with Crippen LogP contribution >= 0.6 is 11.3 Å². The van der Waals surface area contributed by atoms with Gasteiger partial charge in [0.05, 0.1) is 12.2 Å². The molecule has 0 atom stereocenters. The van der Waals surface area contributed by atoms with Gasteiger partial charge in [-0.15, -0.1) is 11.3 Å². The minimum Gasteiger partial charge on any atom is -0.481 e. The molecule has 0 aliphatic rings. The lowest BCUT2D eigenvalue weighted by Crippen LogP contribution is -2.21. The van der Waals surface area contributed by atoms with Gasteiger partial charge in [-0.3, -0.25) is 4.79 Å². The van der Waals surface area contributed by atoms with E-state index in [0.29, 0.717) is 19.5 Å². The topological polar surface area (TPSA) is 109 Å². The van der Waals surface area contributed by atoms with Crippen LogP contribution < -0.4 is 10.5 Å². The number of hydrogen-bond donors (Lipinski definition) is 3. The number of nitrogens with one attached hydrogen (secondary N) is 1. The van der Waals surface area contributed by atoms with E-state index in [0.717, 1.165) is 9.75 Å². The van der Waals surface area contributed by atoms with E-state index < -0.39 is 16.0 Å². The van der Waals surface area contributed by atoms with E-state index in [1.807, 2.05) is 6.07 Å². The van der Waals surface area contributed by atoms with Gasteiger partial charge in [-0.05, 0) is 25.1 Å². The Balaban J connectivity index is 2.23. The van der Waals surface area contributed by atoms with Crippen molar-refractivity contribution in [3.8, 4) is 0 Å². The minimum atomic E-state index is -3.38. The molecule has 6 nitrogen and oxygen atoms in total. The van der Waals surface area contributed by atoms with Gasteiger partial charge in [0.1, 0.15) is 0 Å². The molecule has 1 aromatic heterocycles. The summed E-state index contributed by atoms with van der Waals surface area (Å²) in [4.78, 5) is 12.3. The molecular formula is C10H16N2O4S2. The summed E-state index contributed by atoms with van der Waals surface area (Å²) < 4.78 is 21.3. The monoisotopic (exact) mass is 292 g/mol. The molecule has 0 spiro atoms. The number of aliphatic carboxylic acids is 1. The summed E-state index contributed by atoms with van der Waals surface area (Å²) in [5, 5.41) is 16.6. The molecule has 4 N–H and O–H groups in total. The first-order chi connectivity index (χ1) is 8.37. The molecule has 0 fully saturated rings. The Labute approximate surface area is 110 Å². The van der Waals surface area contributed by atoms with Crippen molar-refractivity contribution in [1.82, 2.24) is 5.32 Å². The van der Waals surface area contributed by atoms with Gasteiger partial charge in [0.15, 0.2) is 0 Å². The predicted molar refractivity (Wildman–Crippen MR) is 70.0 cm³/mol. The summed E-state index contributed by atoms with van der Waals surface area (Å²) in [6.45, 7) is 1.16. The van der Waals surface area contributed by atoms with Crippen LogP contribution in [-0.4, -0.2) is 31.8 Å². The van der Waals surface area contributed by atoms with Crippen molar-refractivity contribution in [3.63, 3.8) is 0 Å². The van der Waals surface area contributed by atoms with E-state index in [-0.39, 0.29) is 12.2 Å². The van der Waals surface area contributed by atoms with E-state index in [2.05, 4.69) is 5.32 Å². The molecule has 0 unspecified atom stereocenters. The minimum absolute atomic E-state index is 0.0330. The van der Waals surface area contributed by atoms with Crippen LogP contribution in [0.25, 0.3) is 0 Å². The molecule has 0 aliphatic heterocycles. The fourth-order valence-corrected chi connectivity index (χ4v) is 2.90. The van der Waals surface area contributed by atoms with Crippen molar-refractivity contribution < 1.29 is 18.3 Å². The highest BCUT2D eigenvalue weighted by molar-refractivity contribution is 7.89. The largest absolute Gasteiger partial charge is 0.481 e. The number of rotatable bonds is 8. The van der Waals surface area contributed by atoms with Crippen molar-refractivity contribution in [1.29, 1.82) is 0 Å². The number of nitrogens with two attached hydrogens (primary N) is 1. The van der Waals surface area contributed by atoms with Gasteiger partial charge in [-0.2, -0.15) is 0 Å². The van der Waals surface area contributed by atoms with Crippen molar-refractivity contribution in [2.75, 3.05) is 12.3 Å². The molecular weight excluding hydrogens is 276 g/mol. The van der Waals surface area contributed by atoms with Gasteiger partial charge in [0.2, 0.25) is 10.0 Å². The molecule has 0 aromatic carbocycles. The summed E-state index contributed by atoms with van der Waals surface area (Å²) in [7, 11) is -3.38. The zero-order valence-electron chi connectivity index (χ0n) is 9.76. The van der Waals surface area contributed by atoms with E-state index in [4.69, 9.17) is 10.2 Å². The van der Waals surface area contributed by atoms with Gasteiger partial charge < -0.3 is 10.4 Å². The molecule has 0 radical (unpaired) electrons. The smallest absolute Gasteiger partial charge is 0.308 e. The number of primary sulfonamides is 1. The molecule has 18 heavy (non-hydrogen) atoms. The zero-order valence-corrected chi connectivity index (χ0v) is 11.4. The van der Waals surface area contributed by atoms with E-state index in [1.165, 1.54) is 11.3 Å². The highest BCUT2D eigenvalue weighted by atomic mass is 32.2. The summed E-state index contributed by atoms with van der Waals surface area (Å²) in [5.74, 6) is -0.876. The van der Waals surface area contributed by atoms with Crippen LogP contribution in [0, 0.1) is 0 Å². The second kappa shape index (κ2) is 6.83. The van der Waals surface area contributed by atoms with Crippen molar-refractivity contribution in [3.05, 3.63) is 21.9 Å². The van der Waals surface area contributed by atoms with Crippen LogP contribution in [0.15, 0.2) is 12.1 Å². The Morgan fingerprint density at radius 3 is 2.67 bits per heavy atom. The van der Waals surface area contributed by atoms with Gasteiger partial charge in [-0.25, -0.2) is 13.6 Å². The molecule has 0 bridgehead atoms. The van der Waals surface area contributed by atoms with Crippen LogP contribution in [-0.2, 0) is 27.8 Å². The van der Waals surface area contributed by atoms with Crippen molar-refractivity contribution >= 4 is 27.3 Å². The van der Waals surface area contributed by atoms with E-state index in [1.54, 1.807) is 6.07 Å². The number of carboxylic acid groups (broad SMARTS) is 1. The third-order valence-electron chi connectivity index (χ3n) is 2.12. The Hall–Kier alpha value is -0.960. The molecule has 1 rings (SSSR count). The number of hydrogen-bond acceptors (Lipinski definition) is 5. The summed E-state index contributed by atoms with van der Waals surface area (Å²) >= 11 is 1.44. The van der Waals surface area contributed by atoms with Crippen molar-refractivity contribution in [2.45, 2.75) is 19.4 Å². The lowest BCUT2D eigenvalue weighted by molar-refractivity contribution is -0.136. The maximum absolute atomic E-state index is 10.7. The summed E-state index contributed by atoms with van der Waals surface area (Å²) in [6.07, 6.45) is 0.502. The lowest BCUT2D eigenvalue weighted by atomic mass is 10.3. The first-order valence-electron chi connectivity index (χ1n) is 5.37. The number of sulfonamides is 1. The van der Waals surface area contributed by atoms with Gasteiger partial charge in [-0.1, -0.05) is 0 Å². The van der Waals surface area contributed by atoms with Crippen LogP contribution in [0.5, 0.6) is 0 Å². The van der Waals surface area contributed by atoms with Crippen LogP contribution in [0.2, 0.25) is 0 Å². The molecule has 102 valence electrons. The normalized spacial score (nSPS) is 11.6. The Morgan fingerprint density at radius 2 is 2.06 bits per heavy atom. The molecule has 1 heterocycles. The predicted octanol–water partition coefficient (Wildman–Crippen LogP) is 0.143. The Morgan fingerprint density at radius 1 is 1.39 bits per heavy atom. The quantitative estimate of drug-likeness (QED) is 0.591. The highest BCUT2D eigenvalue weighted by Crippen LogP contribution is 2.16. The van der Waals surface area contributed by atoms with Crippen LogP contribution in [0.1, 0.15) is 16.2 Å². The molecule has 8 heteroatoms. The van der Waals surface area contributed by atoms with E-state index >= 15 is 0 Å². The second-order valence-corrected chi connectivity index (χ2v) is 6.82. The number of carboxylic acids is 1. The zero-order chi connectivity index (χ0) is 13.6. The average Bonchev–Trinajstić information content (AvgIpc) is 2.62. The van der Waals surface area contributed by atoms with E-state index in [9.17, 15) is 13.2 Å². The van der Waals surface area contributed by atoms with Gasteiger partial charge in [0.25, 0.3) is 0 Å². The first kappa shape index (κ1) is 15.1. The third-order valence-corrected chi connectivity index (χ3v) is 4.07. The Kier molecular flexibility index (Phi) is 5.73. The molecule has 0 amide bonds. The first-order valence-corrected chi connectivity index (χ1v) is 7.90. The van der Waals surface area contributed by atoms with Gasteiger partial charge >= 0.3 is 5.97 Å². The molecule has 0 saturated heterocycles. The average molecular weight is 292 g/mol. The lowest BCUT2D eigenvalue weighted by Gasteiger charge is -2.01. The fraction of sp³-hybridized carbons (Fsp3) is 0.500. The van der Waals surface area contributed by atoms with Crippen LogP contribution in [0.3, 0.4) is 0 Å². The second-order valence-electron chi connectivity index (χ2n) is 3.84. The highest BCUT2D eigenvalue weighted by Gasteiger charge is 2.05. The van der Waals surface area contributed by atoms with Gasteiger partial charge in [0, 0.05) is 16.3 Å². The molecule has 0 saturated carbocycles. The van der Waals surface area contributed by atoms with Crippen molar-refractivity contribution in [2.24, 2.45) is 5.14 Å². The third kappa shape index (κ3) is 6.70. The SMILES string of the molecule is NS(=O)(=O)CCCNCc1ccc(CC(=O)O)s1. The maximum atomic E-state index is 10.7. The molecule has 1 aromatic rings. The Bertz CT molecular complexity index is 496. The summed E-state index contributed by atoms with van der Waals surface area (Å²) in [5.41, 5.74) is 0. The number of carbonyl (C=O) groups is 1. The maximum Gasteiger partial charge on any atom is 0.308 e. The molecule has 0 aliphatic carbocycles. The number of thiophene rings is 1. The summed E-state index contributed by atoms with van der Waals surface area (Å²) in [6, 6.07) is 3.66.